The van der Waals surface area contributed by atoms with E-state index in [0.29, 0.717) is 13.1 Å². The van der Waals surface area contributed by atoms with Gasteiger partial charge in [0.1, 0.15) is 0 Å². The summed E-state index contributed by atoms with van der Waals surface area (Å²) >= 11 is 1.64. The number of pyridine rings is 1. The molecule has 118 valence electrons. The Bertz CT molecular complexity index is 682. The van der Waals surface area contributed by atoms with Crippen LogP contribution in [0.3, 0.4) is 0 Å². The van der Waals surface area contributed by atoms with Crippen LogP contribution in [-0.2, 0) is 15.8 Å². The molecule has 22 heavy (non-hydrogen) atoms. The lowest BCUT2D eigenvalue weighted by atomic mass is 10.2. The Morgan fingerprint density at radius 3 is 2.27 bits per heavy atom. The first-order chi connectivity index (χ1) is 10.6. The zero-order valence-corrected chi connectivity index (χ0v) is 14.4. The van der Waals surface area contributed by atoms with E-state index >= 15 is 0 Å². The Hall–Kier alpha value is -1.37. The highest BCUT2D eigenvalue weighted by Gasteiger charge is 2.22. The lowest BCUT2D eigenvalue weighted by molar-refractivity contribution is 0.442. The van der Waals surface area contributed by atoms with E-state index in [1.807, 2.05) is 38.1 Å². The van der Waals surface area contributed by atoms with Crippen LogP contribution in [0.1, 0.15) is 19.4 Å². The lowest BCUT2D eigenvalue weighted by Gasteiger charge is -2.17. The van der Waals surface area contributed by atoms with Gasteiger partial charge in [-0.15, -0.1) is 11.8 Å². The summed E-state index contributed by atoms with van der Waals surface area (Å²) in [5.74, 6) is 0.838. The van der Waals surface area contributed by atoms with Crippen LogP contribution in [0.25, 0.3) is 0 Å². The summed E-state index contributed by atoms with van der Waals surface area (Å²) in [5.41, 5.74) is 1.23. The van der Waals surface area contributed by atoms with Gasteiger partial charge in [0.2, 0.25) is 0 Å². The van der Waals surface area contributed by atoms with Crippen molar-refractivity contribution in [3.63, 3.8) is 0 Å². The zero-order valence-electron chi connectivity index (χ0n) is 12.8. The molecule has 1 heterocycles. The molecule has 0 saturated heterocycles. The van der Waals surface area contributed by atoms with E-state index in [0.717, 1.165) is 10.6 Å². The number of hydrogen-bond donors (Lipinski definition) is 0. The first-order valence-corrected chi connectivity index (χ1v) is 9.63. The SMILES string of the molecule is CCN(CC)S(=O)(=O)c1ccc(SCc2ccccc2)cn1. The molecule has 2 rings (SSSR count). The van der Waals surface area contributed by atoms with Crippen LogP contribution < -0.4 is 0 Å². The minimum Gasteiger partial charge on any atom is -0.242 e. The van der Waals surface area contributed by atoms with Gasteiger partial charge in [-0.25, -0.2) is 13.4 Å². The highest BCUT2D eigenvalue weighted by molar-refractivity contribution is 7.98. The van der Waals surface area contributed by atoms with Crippen molar-refractivity contribution in [3.8, 4) is 0 Å². The van der Waals surface area contributed by atoms with Gasteiger partial charge in [0.05, 0.1) is 0 Å². The molecule has 0 amide bonds. The fourth-order valence-electron chi connectivity index (χ4n) is 2.04. The molecule has 4 nitrogen and oxygen atoms in total. The van der Waals surface area contributed by atoms with Crippen LogP contribution in [-0.4, -0.2) is 30.8 Å². The molecule has 0 radical (unpaired) electrons. The van der Waals surface area contributed by atoms with Crippen molar-refractivity contribution >= 4 is 21.8 Å². The molecule has 0 aliphatic heterocycles. The smallest absolute Gasteiger partial charge is 0.242 e. The molecule has 1 aromatic heterocycles. The minimum absolute atomic E-state index is 0.111. The third-order valence-electron chi connectivity index (χ3n) is 3.27. The standard InChI is InChI=1S/C16H20N2O2S2/c1-3-18(4-2)22(19,20)16-11-10-15(12-17-16)21-13-14-8-6-5-7-9-14/h5-12H,3-4,13H2,1-2H3. The van der Waals surface area contributed by atoms with E-state index in [2.05, 4.69) is 17.1 Å². The summed E-state index contributed by atoms with van der Waals surface area (Å²) in [6.07, 6.45) is 1.63. The van der Waals surface area contributed by atoms with E-state index in [1.54, 1.807) is 24.0 Å². The van der Waals surface area contributed by atoms with Gasteiger partial charge < -0.3 is 0 Å². The Morgan fingerprint density at radius 2 is 1.73 bits per heavy atom. The highest BCUT2D eigenvalue weighted by atomic mass is 32.2. The number of benzene rings is 1. The van der Waals surface area contributed by atoms with Crippen molar-refractivity contribution in [1.82, 2.24) is 9.29 Å². The van der Waals surface area contributed by atoms with E-state index < -0.39 is 10.0 Å². The second-order valence-electron chi connectivity index (χ2n) is 4.70. The molecule has 0 atom stereocenters. The molecule has 6 heteroatoms. The van der Waals surface area contributed by atoms with Crippen molar-refractivity contribution in [2.24, 2.45) is 0 Å². The second kappa shape index (κ2) is 7.76. The van der Waals surface area contributed by atoms with E-state index in [-0.39, 0.29) is 5.03 Å². The molecule has 0 unspecified atom stereocenters. The van der Waals surface area contributed by atoms with Crippen LogP contribution in [0, 0.1) is 0 Å². The maximum atomic E-state index is 12.3. The Balaban J connectivity index is 2.07. The van der Waals surface area contributed by atoms with Crippen molar-refractivity contribution in [3.05, 3.63) is 54.2 Å². The van der Waals surface area contributed by atoms with Crippen LogP contribution in [0.15, 0.2) is 58.6 Å². The van der Waals surface area contributed by atoms with Gasteiger partial charge in [0.15, 0.2) is 5.03 Å². The molecule has 0 N–H and O–H groups in total. The number of hydrogen-bond acceptors (Lipinski definition) is 4. The average molecular weight is 336 g/mol. The topological polar surface area (TPSA) is 50.3 Å². The highest BCUT2D eigenvalue weighted by Crippen LogP contribution is 2.23. The molecule has 0 bridgehead atoms. The van der Waals surface area contributed by atoms with Gasteiger partial charge in [0, 0.05) is 29.9 Å². The average Bonchev–Trinajstić information content (AvgIpc) is 2.55. The first-order valence-electron chi connectivity index (χ1n) is 7.20. The maximum absolute atomic E-state index is 12.3. The van der Waals surface area contributed by atoms with Gasteiger partial charge in [0.25, 0.3) is 10.0 Å². The molecule has 1 aromatic carbocycles. The van der Waals surface area contributed by atoms with E-state index in [9.17, 15) is 8.42 Å². The molecule has 2 aromatic rings. The summed E-state index contributed by atoms with van der Waals surface area (Å²) in [5, 5.41) is 0.111. The number of aromatic nitrogens is 1. The van der Waals surface area contributed by atoms with Gasteiger partial charge in [-0.05, 0) is 17.7 Å². The second-order valence-corrected chi connectivity index (χ2v) is 7.63. The first kappa shape index (κ1) is 17.0. The van der Waals surface area contributed by atoms with Crippen LogP contribution in [0.5, 0.6) is 0 Å². The normalized spacial score (nSPS) is 11.8. The summed E-state index contributed by atoms with van der Waals surface area (Å²) < 4.78 is 26.1. The Kier molecular flexibility index (Phi) is 5.99. The van der Waals surface area contributed by atoms with Crippen LogP contribution in [0.4, 0.5) is 0 Å². The number of thioether (sulfide) groups is 1. The quantitative estimate of drug-likeness (QED) is 0.727. The molecular formula is C16H20N2O2S2. The maximum Gasteiger partial charge on any atom is 0.260 e. The summed E-state index contributed by atoms with van der Waals surface area (Å²) in [6, 6.07) is 13.5. The van der Waals surface area contributed by atoms with Crippen LogP contribution in [0.2, 0.25) is 0 Å². The summed E-state index contributed by atoms with van der Waals surface area (Å²) in [7, 11) is -3.47. The van der Waals surface area contributed by atoms with Gasteiger partial charge in [-0.2, -0.15) is 4.31 Å². The Labute approximate surface area is 136 Å². The molecule has 0 aliphatic carbocycles. The number of rotatable bonds is 7. The predicted octanol–water partition coefficient (Wildman–Crippen LogP) is 3.40. The lowest BCUT2D eigenvalue weighted by Crippen LogP contribution is -2.31. The molecule has 0 fully saturated rings. The molecule has 0 aliphatic rings. The fraction of sp³-hybridized carbons (Fsp3) is 0.312. The van der Waals surface area contributed by atoms with Crippen molar-refractivity contribution in [2.45, 2.75) is 29.5 Å². The van der Waals surface area contributed by atoms with Crippen LogP contribution >= 0.6 is 11.8 Å². The zero-order chi connectivity index (χ0) is 16.0. The Morgan fingerprint density at radius 1 is 1.05 bits per heavy atom. The van der Waals surface area contributed by atoms with Crippen molar-refractivity contribution in [2.75, 3.05) is 13.1 Å². The molecule has 0 spiro atoms. The molecular weight excluding hydrogens is 316 g/mol. The third-order valence-corrected chi connectivity index (χ3v) is 6.29. The minimum atomic E-state index is -3.47. The fourth-order valence-corrected chi connectivity index (χ4v) is 4.23. The summed E-state index contributed by atoms with van der Waals surface area (Å²) in [4.78, 5) is 5.09. The number of sulfonamides is 1. The van der Waals surface area contributed by atoms with Gasteiger partial charge >= 0.3 is 0 Å². The van der Waals surface area contributed by atoms with E-state index in [1.165, 1.54) is 9.87 Å². The summed E-state index contributed by atoms with van der Waals surface area (Å²) in [6.45, 7) is 4.55. The predicted molar refractivity (Wildman–Crippen MR) is 90.3 cm³/mol. The third kappa shape index (κ3) is 4.09. The van der Waals surface area contributed by atoms with Crippen molar-refractivity contribution < 1.29 is 8.42 Å². The van der Waals surface area contributed by atoms with Gasteiger partial charge in [-0.3, -0.25) is 0 Å². The number of nitrogens with zero attached hydrogens (tertiary/aromatic N) is 2. The molecule has 0 saturated carbocycles. The van der Waals surface area contributed by atoms with Gasteiger partial charge in [-0.1, -0.05) is 44.2 Å². The van der Waals surface area contributed by atoms with Crippen molar-refractivity contribution in [1.29, 1.82) is 0 Å². The largest absolute Gasteiger partial charge is 0.260 e. The monoisotopic (exact) mass is 336 g/mol. The van der Waals surface area contributed by atoms with E-state index in [4.69, 9.17) is 0 Å².